The van der Waals surface area contributed by atoms with Gasteiger partial charge in [0.05, 0.1) is 5.52 Å². The molecule has 0 amide bonds. The van der Waals surface area contributed by atoms with Crippen LogP contribution >= 0.6 is 0 Å². The first-order chi connectivity index (χ1) is 14.7. The van der Waals surface area contributed by atoms with Crippen molar-refractivity contribution in [1.82, 2.24) is 19.6 Å². The lowest BCUT2D eigenvalue weighted by molar-refractivity contribution is 0.298. The van der Waals surface area contributed by atoms with E-state index in [0.29, 0.717) is 5.82 Å². The van der Waals surface area contributed by atoms with Gasteiger partial charge in [0.1, 0.15) is 18.2 Å². The minimum absolute atomic E-state index is 0.256. The first-order valence-electron chi connectivity index (χ1n) is 9.81. The third kappa shape index (κ3) is 3.37. The lowest BCUT2D eigenvalue weighted by atomic mass is 10.1. The average Bonchev–Trinajstić information content (AvgIpc) is 3.20. The quantitative estimate of drug-likeness (QED) is 0.407. The van der Waals surface area contributed by atoms with Gasteiger partial charge in [0.25, 0.3) is 0 Å². The van der Waals surface area contributed by atoms with Crippen LogP contribution in [0.1, 0.15) is 18.3 Å². The van der Waals surface area contributed by atoms with E-state index in [1.807, 2.05) is 34.9 Å². The van der Waals surface area contributed by atoms with Crippen molar-refractivity contribution in [3.05, 3.63) is 90.3 Å². The molecule has 0 spiro atoms. The number of rotatable bonds is 5. The Labute approximate surface area is 172 Å². The van der Waals surface area contributed by atoms with E-state index in [1.54, 1.807) is 18.3 Å². The van der Waals surface area contributed by atoms with Crippen molar-refractivity contribution < 1.29 is 9.13 Å². The molecule has 0 saturated carbocycles. The number of pyridine rings is 2. The van der Waals surface area contributed by atoms with Gasteiger partial charge in [-0.25, -0.2) is 4.39 Å². The number of benzene rings is 2. The van der Waals surface area contributed by atoms with E-state index >= 15 is 0 Å². The third-order valence-electron chi connectivity index (χ3n) is 5.18. The summed E-state index contributed by atoms with van der Waals surface area (Å²) in [5.41, 5.74) is 4.75. The van der Waals surface area contributed by atoms with Crippen molar-refractivity contribution in [2.45, 2.75) is 20.0 Å². The van der Waals surface area contributed by atoms with Crippen molar-refractivity contribution in [1.29, 1.82) is 0 Å². The largest absolute Gasteiger partial charge is 0.485 e. The highest BCUT2D eigenvalue weighted by molar-refractivity contribution is 5.85. The smallest absolute Gasteiger partial charge is 0.175 e. The number of aryl methyl sites for hydroxylation is 1. The summed E-state index contributed by atoms with van der Waals surface area (Å²) >= 11 is 0. The molecule has 0 saturated heterocycles. The van der Waals surface area contributed by atoms with E-state index < -0.39 is 0 Å². The number of ether oxygens (including phenoxy) is 1. The Morgan fingerprint density at radius 3 is 2.60 bits per heavy atom. The summed E-state index contributed by atoms with van der Waals surface area (Å²) in [5.74, 6) is 1.19. The van der Waals surface area contributed by atoms with Crippen LogP contribution in [-0.4, -0.2) is 19.6 Å². The lowest BCUT2D eigenvalue weighted by Gasteiger charge is -2.09. The standard InChI is InChI=1S/C24H19FN4O/c1-2-16-3-9-20-21(13-16)26-12-11-22(20)30-15-24-28-27-23-10-6-18(14-29(23)24)17-4-7-19(25)8-5-17/h3-14H,2,15H2,1H3. The Morgan fingerprint density at radius 1 is 0.933 bits per heavy atom. The van der Waals surface area contributed by atoms with Crippen LogP contribution < -0.4 is 4.74 Å². The molecule has 0 aliphatic heterocycles. The van der Waals surface area contributed by atoms with Gasteiger partial charge in [-0.1, -0.05) is 25.1 Å². The summed E-state index contributed by atoms with van der Waals surface area (Å²) in [7, 11) is 0. The molecule has 0 radical (unpaired) electrons. The Balaban J connectivity index is 1.45. The summed E-state index contributed by atoms with van der Waals surface area (Å²) in [6.07, 6.45) is 4.66. The van der Waals surface area contributed by atoms with Crippen LogP contribution in [0.5, 0.6) is 5.75 Å². The zero-order chi connectivity index (χ0) is 20.5. The van der Waals surface area contributed by atoms with Crippen molar-refractivity contribution in [3.8, 4) is 16.9 Å². The highest BCUT2D eigenvalue weighted by atomic mass is 19.1. The summed E-state index contributed by atoms with van der Waals surface area (Å²) in [4.78, 5) is 4.46. The number of hydrogen-bond acceptors (Lipinski definition) is 4. The number of halogens is 1. The highest BCUT2D eigenvalue weighted by Crippen LogP contribution is 2.26. The van der Waals surface area contributed by atoms with Gasteiger partial charge in [-0.2, -0.15) is 0 Å². The van der Waals surface area contributed by atoms with Gasteiger partial charge in [-0.15, -0.1) is 10.2 Å². The van der Waals surface area contributed by atoms with Gasteiger partial charge in [-0.3, -0.25) is 9.38 Å². The molecule has 5 nitrogen and oxygen atoms in total. The second kappa shape index (κ2) is 7.55. The fourth-order valence-electron chi connectivity index (χ4n) is 3.51. The predicted octanol–water partition coefficient (Wildman–Crippen LogP) is 5.23. The fraction of sp³-hybridized carbons (Fsp3) is 0.125. The molecule has 0 aliphatic rings. The Bertz CT molecular complexity index is 1340. The van der Waals surface area contributed by atoms with Crippen molar-refractivity contribution in [2.75, 3.05) is 0 Å². The number of nitrogens with zero attached hydrogens (tertiary/aromatic N) is 4. The van der Waals surface area contributed by atoms with Crippen LogP contribution in [0.2, 0.25) is 0 Å². The topological polar surface area (TPSA) is 52.3 Å². The Morgan fingerprint density at radius 2 is 1.77 bits per heavy atom. The van der Waals surface area contributed by atoms with E-state index in [0.717, 1.165) is 39.8 Å². The molecular formula is C24H19FN4O. The Kier molecular flexibility index (Phi) is 4.59. The second-order valence-corrected chi connectivity index (χ2v) is 7.07. The van der Waals surface area contributed by atoms with Crippen molar-refractivity contribution in [2.24, 2.45) is 0 Å². The maximum absolute atomic E-state index is 13.2. The molecule has 6 heteroatoms. The molecule has 3 aromatic heterocycles. The normalized spacial score (nSPS) is 11.3. The molecule has 0 N–H and O–H groups in total. The second-order valence-electron chi connectivity index (χ2n) is 7.07. The Hall–Kier alpha value is -3.80. The molecule has 0 aliphatic carbocycles. The lowest BCUT2D eigenvalue weighted by Crippen LogP contribution is -2.02. The van der Waals surface area contributed by atoms with Crippen LogP contribution in [0, 0.1) is 5.82 Å². The summed E-state index contributed by atoms with van der Waals surface area (Å²) < 4.78 is 21.2. The van der Waals surface area contributed by atoms with Crippen LogP contribution in [0.4, 0.5) is 4.39 Å². The van der Waals surface area contributed by atoms with Gasteiger partial charge < -0.3 is 4.74 Å². The van der Waals surface area contributed by atoms with E-state index in [9.17, 15) is 4.39 Å². The molecule has 30 heavy (non-hydrogen) atoms. The molecule has 5 aromatic rings. The maximum atomic E-state index is 13.2. The molecule has 5 rings (SSSR count). The molecule has 148 valence electrons. The molecule has 3 heterocycles. The molecule has 0 bridgehead atoms. The zero-order valence-electron chi connectivity index (χ0n) is 16.4. The van der Waals surface area contributed by atoms with E-state index in [2.05, 4.69) is 34.2 Å². The predicted molar refractivity (Wildman–Crippen MR) is 114 cm³/mol. The minimum Gasteiger partial charge on any atom is -0.485 e. The maximum Gasteiger partial charge on any atom is 0.175 e. The van der Waals surface area contributed by atoms with Gasteiger partial charge in [0, 0.05) is 17.8 Å². The van der Waals surface area contributed by atoms with Gasteiger partial charge in [0.15, 0.2) is 11.5 Å². The zero-order valence-corrected chi connectivity index (χ0v) is 16.4. The van der Waals surface area contributed by atoms with Crippen LogP contribution in [0.25, 0.3) is 27.7 Å². The van der Waals surface area contributed by atoms with E-state index in [-0.39, 0.29) is 12.4 Å². The summed E-state index contributed by atoms with van der Waals surface area (Å²) in [6.45, 7) is 2.39. The monoisotopic (exact) mass is 398 g/mol. The van der Waals surface area contributed by atoms with Crippen molar-refractivity contribution >= 4 is 16.6 Å². The van der Waals surface area contributed by atoms with Gasteiger partial charge in [-0.05, 0) is 65.6 Å². The number of hydrogen-bond donors (Lipinski definition) is 0. The molecule has 2 aromatic carbocycles. The van der Waals surface area contributed by atoms with Gasteiger partial charge in [0.2, 0.25) is 0 Å². The summed E-state index contributed by atoms with van der Waals surface area (Å²) in [6, 6.07) is 18.3. The average molecular weight is 398 g/mol. The SMILES string of the molecule is CCc1ccc2c(OCc3nnc4ccc(-c5ccc(F)cc5)cn34)ccnc2c1. The highest BCUT2D eigenvalue weighted by Gasteiger charge is 2.10. The molecule has 0 unspecified atom stereocenters. The van der Waals surface area contributed by atoms with Crippen LogP contribution in [-0.2, 0) is 13.0 Å². The van der Waals surface area contributed by atoms with Crippen LogP contribution in [0.15, 0.2) is 73.1 Å². The van der Waals surface area contributed by atoms with E-state index in [4.69, 9.17) is 4.74 Å². The molecule has 0 atom stereocenters. The third-order valence-corrected chi connectivity index (χ3v) is 5.18. The van der Waals surface area contributed by atoms with Gasteiger partial charge >= 0.3 is 0 Å². The first kappa shape index (κ1) is 18.2. The molecule has 0 fully saturated rings. The summed E-state index contributed by atoms with van der Waals surface area (Å²) in [5, 5.41) is 9.47. The number of fused-ring (bicyclic) bond motifs is 2. The van der Waals surface area contributed by atoms with E-state index in [1.165, 1.54) is 17.7 Å². The fourth-order valence-corrected chi connectivity index (χ4v) is 3.51. The van der Waals surface area contributed by atoms with Crippen LogP contribution in [0.3, 0.4) is 0 Å². The number of aromatic nitrogens is 4. The molecular weight excluding hydrogens is 379 g/mol. The van der Waals surface area contributed by atoms with Crippen molar-refractivity contribution in [3.63, 3.8) is 0 Å². The minimum atomic E-state index is -0.256. The first-order valence-corrected chi connectivity index (χ1v) is 9.81.